The van der Waals surface area contributed by atoms with Gasteiger partial charge in [-0.1, -0.05) is 35.9 Å². The number of carbonyl (C=O) groups is 2. The Balaban J connectivity index is 0.000000187. The zero-order chi connectivity index (χ0) is 25.7. The van der Waals surface area contributed by atoms with Gasteiger partial charge in [0.15, 0.2) is 22.4 Å². The molecule has 180 valence electrons. The molecule has 0 aliphatic heterocycles. The van der Waals surface area contributed by atoms with E-state index in [4.69, 9.17) is 27.8 Å². The Morgan fingerprint density at radius 3 is 1.69 bits per heavy atom. The lowest BCUT2D eigenvalue weighted by atomic mass is 10.2. The number of ether oxygens (including phenoxy) is 1. The maximum Gasteiger partial charge on any atom is 0.271 e. The topological polar surface area (TPSA) is 159 Å². The molecule has 0 spiro atoms. The number of rotatable bonds is 5. The number of para-hydroxylation sites is 4. The smallest absolute Gasteiger partial charge is 0.271 e. The summed E-state index contributed by atoms with van der Waals surface area (Å²) in [6, 6.07) is 21.7. The number of primary amides is 2. The second-order valence-electron chi connectivity index (χ2n) is 7.34. The van der Waals surface area contributed by atoms with Gasteiger partial charge in [0.25, 0.3) is 11.8 Å². The van der Waals surface area contributed by atoms with Gasteiger partial charge in [-0.05, 0) is 48.5 Å². The number of nitrogens with zero attached hydrogens (tertiary/aromatic N) is 4. The van der Waals surface area contributed by atoms with Crippen molar-refractivity contribution in [2.24, 2.45) is 11.5 Å². The van der Waals surface area contributed by atoms with Crippen molar-refractivity contribution >= 4 is 57.0 Å². The van der Waals surface area contributed by atoms with Crippen molar-refractivity contribution in [2.75, 3.05) is 12.4 Å². The molecule has 0 bridgehead atoms. The molecule has 0 aliphatic carbocycles. The Morgan fingerprint density at radius 1 is 0.722 bits per heavy atom. The third-order valence-corrected chi connectivity index (χ3v) is 5.18. The third kappa shape index (κ3) is 5.45. The van der Waals surface area contributed by atoms with Crippen LogP contribution < -0.4 is 21.5 Å². The summed E-state index contributed by atoms with van der Waals surface area (Å²) in [4.78, 5) is 39.2. The number of nitrogens with one attached hydrogen (secondary N) is 1. The van der Waals surface area contributed by atoms with Crippen molar-refractivity contribution < 1.29 is 14.3 Å². The first kappa shape index (κ1) is 24.3. The molecule has 36 heavy (non-hydrogen) atoms. The van der Waals surface area contributed by atoms with Crippen molar-refractivity contribution in [3.8, 4) is 5.75 Å². The summed E-state index contributed by atoms with van der Waals surface area (Å²) in [6.45, 7) is 0. The van der Waals surface area contributed by atoms with Crippen LogP contribution in [0, 0.1) is 0 Å². The minimum absolute atomic E-state index is 0.00497. The normalized spacial score (nSPS) is 10.4. The maximum absolute atomic E-state index is 11.6. The maximum atomic E-state index is 11.6. The molecule has 0 radical (unpaired) electrons. The van der Waals surface area contributed by atoms with Crippen LogP contribution in [-0.2, 0) is 0 Å². The number of aromatic nitrogens is 4. The van der Waals surface area contributed by atoms with E-state index in [1.807, 2.05) is 36.4 Å². The van der Waals surface area contributed by atoms with Crippen LogP contribution in [0.1, 0.15) is 21.0 Å². The number of benzene rings is 3. The number of methoxy groups -OCH3 is 1. The predicted molar refractivity (Wildman–Crippen MR) is 137 cm³/mol. The molecule has 0 aliphatic rings. The molecule has 0 fully saturated rings. The highest BCUT2D eigenvalue weighted by atomic mass is 35.5. The second-order valence-corrected chi connectivity index (χ2v) is 7.70. The highest BCUT2D eigenvalue weighted by Gasteiger charge is 2.14. The average molecular weight is 502 g/mol. The van der Waals surface area contributed by atoms with Crippen LogP contribution in [0.4, 0.5) is 11.5 Å². The fraction of sp³-hybridized carbons (Fsp3) is 0.0400. The molecule has 0 atom stereocenters. The number of nitrogens with two attached hydrogens (primary N) is 2. The van der Waals surface area contributed by atoms with E-state index in [2.05, 4.69) is 25.3 Å². The predicted octanol–water partition coefficient (Wildman–Crippen LogP) is 3.86. The zero-order valence-corrected chi connectivity index (χ0v) is 19.7. The number of hydrogen-bond acceptors (Lipinski definition) is 8. The van der Waals surface area contributed by atoms with Crippen molar-refractivity contribution in [2.45, 2.75) is 0 Å². The van der Waals surface area contributed by atoms with E-state index in [0.717, 1.165) is 11.4 Å². The summed E-state index contributed by atoms with van der Waals surface area (Å²) in [5.41, 5.74) is 13.9. The highest BCUT2D eigenvalue weighted by Crippen LogP contribution is 2.22. The highest BCUT2D eigenvalue weighted by molar-refractivity contribution is 6.32. The summed E-state index contributed by atoms with van der Waals surface area (Å²) < 4.78 is 5.11. The molecule has 5 rings (SSSR count). The molecule has 2 aromatic heterocycles. The van der Waals surface area contributed by atoms with Gasteiger partial charge < -0.3 is 21.5 Å². The van der Waals surface area contributed by atoms with E-state index in [0.29, 0.717) is 27.9 Å². The van der Waals surface area contributed by atoms with Crippen molar-refractivity contribution in [1.29, 1.82) is 0 Å². The molecule has 5 aromatic rings. The van der Waals surface area contributed by atoms with Crippen LogP contribution in [0.5, 0.6) is 5.75 Å². The molecule has 0 unspecified atom stereocenters. The van der Waals surface area contributed by atoms with Gasteiger partial charge in [-0.15, -0.1) is 0 Å². The average Bonchev–Trinajstić information content (AvgIpc) is 2.88. The standard InChI is InChI=1S/C16H14N4O2.C9H6ClN3O/c1-22-11-8-6-10(7-9-11)18-16-14(15(17)21)19-12-4-2-3-5-13(12)20-16;10-8-7(9(11)14)12-5-3-1-2-4-6(5)13-8/h2-9H,1H3,(H2,17,21)(H,18,20);1-4H,(H2,11,14). The number of halogens is 1. The van der Waals surface area contributed by atoms with Gasteiger partial charge in [-0.25, -0.2) is 19.9 Å². The summed E-state index contributed by atoms with van der Waals surface area (Å²) in [7, 11) is 1.60. The SMILES string of the molecule is COc1ccc(Nc2nc3ccccc3nc2C(N)=O)cc1.NC(=O)c1nc2ccccc2nc1Cl. The summed E-state index contributed by atoms with van der Waals surface area (Å²) in [6.07, 6.45) is 0. The van der Waals surface area contributed by atoms with E-state index in [9.17, 15) is 9.59 Å². The number of hydrogen-bond donors (Lipinski definition) is 3. The molecule has 10 nitrogen and oxygen atoms in total. The second kappa shape index (κ2) is 10.6. The van der Waals surface area contributed by atoms with Gasteiger partial charge in [0.05, 0.1) is 29.2 Å². The summed E-state index contributed by atoms with van der Waals surface area (Å²) in [5.74, 6) is -0.232. The lowest BCUT2D eigenvalue weighted by Crippen LogP contribution is -2.16. The lowest BCUT2D eigenvalue weighted by Gasteiger charge is -2.10. The molecule has 0 saturated carbocycles. The first-order valence-corrected chi connectivity index (χ1v) is 10.9. The van der Waals surface area contributed by atoms with Gasteiger partial charge in [-0.2, -0.15) is 0 Å². The van der Waals surface area contributed by atoms with Crippen LogP contribution in [0.3, 0.4) is 0 Å². The van der Waals surface area contributed by atoms with Crippen LogP contribution in [0.25, 0.3) is 22.1 Å². The lowest BCUT2D eigenvalue weighted by molar-refractivity contribution is 0.0987. The van der Waals surface area contributed by atoms with E-state index in [1.54, 1.807) is 43.5 Å². The third-order valence-electron chi connectivity index (χ3n) is 4.92. The minimum atomic E-state index is -0.673. The first-order valence-electron chi connectivity index (χ1n) is 10.6. The minimum Gasteiger partial charge on any atom is -0.497 e. The van der Waals surface area contributed by atoms with Crippen molar-refractivity contribution in [3.05, 3.63) is 89.3 Å². The van der Waals surface area contributed by atoms with Gasteiger partial charge in [-0.3, -0.25) is 9.59 Å². The van der Waals surface area contributed by atoms with Crippen molar-refractivity contribution in [1.82, 2.24) is 19.9 Å². The van der Waals surface area contributed by atoms with E-state index in [1.165, 1.54) is 0 Å². The van der Waals surface area contributed by atoms with E-state index in [-0.39, 0.29) is 16.5 Å². The van der Waals surface area contributed by atoms with Gasteiger partial charge in [0.2, 0.25) is 0 Å². The van der Waals surface area contributed by atoms with Gasteiger partial charge >= 0.3 is 0 Å². The number of anilines is 2. The molecular weight excluding hydrogens is 482 g/mol. The van der Waals surface area contributed by atoms with Crippen LogP contribution >= 0.6 is 11.6 Å². The molecule has 3 aromatic carbocycles. The van der Waals surface area contributed by atoms with Crippen LogP contribution in [-0.4, -0.2) is 38.9 Å². The van der Waals surface area contributed by atoms with Gasteiger partial charge in [0.1, 0.15) is 5.75 Å². The molecule has 2 heterocycles. The fourth-order valence-electron chi connectivity index (χ4n) is 3.21. The Hall–Kier alpha value is -4.83. The van der Waals surface area contributed by atoms with Gasteiger partial charge in [0, 0.05) is 5.69 Å². The fourth-order valence-corrected chi connectivity index (χ4v) is 3.43. The first-order chi connectivity index (χ1) is 17.4. The Morgan fingerprint density at radius 2 is 1.19 bits per heavy atom. The number of amides is 2. The summed E-state index contributed by atoms with van der Waals surface area (Å²) >= 11 is 5.72. The zero-order valence-electron chi connectivity index (χ0n) is 19.0. The Labute approximate surface area is 210 Å². The number of fused-ring (bicyclic) bond motifs is 2. The van der Waals surface area contributed by atoms with Crippen molar-refractivity contribution in [3.63, 3.8) is 0 Å². The largest absolute Gasteiger partial charge is 0.497 e. The van der Waals surface area contributed by atoms with Crippen LogP contribution in [0.2, 0.25) is 5.15 Å². The Kier molecular flexibility index (Phi) is 7.17. The monoisotopic (exact) mass is 501 g/mol. The van der Waals surface area contributed by atoms with E-state index >= 15 is 0 Å². The Bertz CT molecular complexity index is 1580. The molecule has 11 heteroatoms. The quantitative estimate of drug-likeness (QED) is 0.327. The molecular formula is C25H20ClN7O3. The molecule has 2 amide bonds. The van der Waals surface area contributed by atoms with E-state index < -0.39 is 11.8 Å². The number of carbonyl (C=O) groups excluding carboxylic acids is 2. The van der Waals surface area contributed by atoms with Crippen LogP contribution in [0.15, 0.2) is 72.8 Å². The molecule has 5 N–H and O–H groups in total. The summed E-state index contributed by atoms with van der Waals surface area (Å²) in [5, 5.41) is 3.11. The molecule has 0 saturated heterocycles.